The first kappa shape index (κ1) is 17.4. The Morgan fingerprint density at radius 3 is 2.85 bits per heavy atom. The summed E-state index contributed by atoms with van der Waals surface area (Å²) in [5.74, 6) is 0.0692. The molecule has 1 saturated heterocycles. The number of aliphatic hydroxyl groups excluding tert-OH is 1. The molecule has 1 fully saturated rings. The maximum absolute atomic E-state index is 12.0. The average molecular weight is 286 g/mol. The van der Waals surface area contributed by atoms with E-state index in [1.165, 1.54) is 19.3 Å². The van der Waals surface area contributed by atoms with Gasteiger partial charge in [-0.3, -0.25) is 9.69 Å². The summed E-state index contributed by atoms with van der Waals surface area (Å²) in [6.07, 6.45) is 4.52. The summed E-state index contributed by atoms with van der Waals surface area (Å²) < 4.78 is 5.57. The third-order valence-corrected chi connectivity index (χ3v) is 3.62. The van der Waals surface area contributed by atoms with E-state index in [-0.39, 0.29) is 30.8 Å². The second kappa shape index (κ2) is 9.32. The second-order valence-corrected chi connectivity index (χ2v) is 5.91. The molecular formula is C15H30N2O3. The Labute approximate surface area is 122 Å². The molecule has 0 aromatic carbocycles. The van der Waals surface area contributed by atoms with E-state index in [2.05, 4.69) is 24.1 Å². The summed E-state index contributed by atoms with van der Waals surface area (Å²) in [6, 6.07) is 0.237. The Kier molecular flexibility index (Phi) is 8.11. The Hall–Kier alpha value is -0.650. The molecule has 5 nitrogen and oxygen atoms in total. The van der Waals surface area contributed by atoms with Crippen molar-refractivity contribution in [2.24, 2.45) is 0 Å². The quantitative estimate of drug-likeness (QED) is 0.657. The van der Waals surface area contributed by atoms with Gasteiger partial charge in [-0.1, -0.05) is 26.2 Å². The zero-order valence-corrected chi connectivity index (χ0v) is 13.1. The minimum absolute atomic E-state index is 0.00980. The normalized spacial score (nSPS) is 25.4. The van der Waals surface area contributed by atoms with E-state index in [0.717, 1.165) is 13.0 Å². The summed E-state index contributed by atoms with van der Waals surface area (Å²) in [7, 11) is 0. The van der Waals surface area contributed by atoms with Crippen molar-refractivity contribution < 1.29 is 14.6 Å². The predicted molar refractivity (Wildman–Crippen MR) is 79.6 cm³/mol. The van der Waals surface area contributed by atoms with Crippen LogP contribution in [0.4, 0.5) is 0 Å². The molecule has 1 aliphatic heterocycles. The van der Waals surface area contributed by atoms with E-state index < -0.39 is 0 Å². The summed E-state index contributed by atoms with van der Waals surface area (Å²) >= 11 is 0. The van der Waals surface area contributed by atoms with Crippen molar-refractivity contribution in [3.63, 3.8) is 0 Å². The molecule has 118 valence electrons. The van der Waals surface area contributed by atoms with Gasteiger partial charge >= 0.3 is 0 Å². The first-order valence-electron chi connectivity index (χ1n) is 7.83. The molecular weight excluding hydrogens is 256 g/mol. The number of unbranched alkanes of at least 4 members (excludes halogenated alkanes) is 2. The Bertz CT molecular complexity index is 286. The highest BCUT2D eigenvalue weighted by Crippen LogP contribution is 2.10. The topological polar surface area (TPSA) is 61.8 Å². The van der Waals surface area contributed by atoms with Crippen molar-refractivity contribution in [3.8, 4) is 0 Å². The van der Waals surface area contributed by atoms with E-state index in [9.17, 15) is 9.90 Å². The van der Waals surface area contributed by atoms with E-state index in [1.807, 2.05) is 6.92 Å². The number of rotatable bonds is 8. The minimum Gasteiger partial charge on any atom is -0.394 e. The number of carbonyl (C=O) groups excluding carboxylic acids is 1. The molecule has 0 bridgehead atoms. The largest absolute Gasteiger partial charge is 0.394 e. The summed E-state index contributed by atoms with van der Waals surface area (Å²) in [5, 5.41) is 12.2. The van der Waals surface area contributed by atoms with Crippen molar-refractivity contribution in [2.75, 3.05) is 26.2 Å². The van der Waals surface area contributed by atoms with Crippen LogP contribution in [0, 0.1) is 0 Å². The van der Waals surface area contributed by atoms with Gasteiger partial charge in [-0.2, -0.15) is 0 Å². The van der Waals surface area contributed by atoms with Crippen LogP contribution in [-0.2, 0) is 9.53 Å². The van der Waals surface area contributed by atoms with Gasteiger partial charge < -0.3 is 15.2 Å². The number of nitrogens with one attached hydrogen (secondary N) is 1. The van der Waals surface area contributed by atoms with E-state index in [1.54, 1.807) is 0 Å². The molecule has 0 aliphatic carbocycles. The number of morpholine rings is 1. The SMILES string of the molecule is CCCCCC(C)NC(=O)CN1CC(C)OC(CO)C1. The molecule has 0 spiro atoms. The van der Waals surface area contributed by atoms with Gasteiger partial charge in [-0.25, -0.2) is 0 Å². The number of carbonyl (C=O) groups is 1. The van der Waals surface area contributed by atoms with Crippen LogP contribution in [0.5, 0.6) is 0 Å². The van der Waals surface area contributed by atoms with Gasteiger partial charge in [0, 0.05) is 19.1 Å². The average Bonchev–Trinajstić information content (AvgIpc) is 2.37. The Morgan fingerprint density at radius 1 is 1.45 bits per heavy atom. The van der Waals surface area contributed by atoms with Gasteiger partial charge in [0.15, 0.2) is 0 Å². The number of hydrogen-bond donors (Lipinski definition) is 2. The van der Waals surface area contributed by atoms with Gasteiger partial charge in [0.2, 0.25) is 5.91 Å². The van der Waals surface area contributed by atoms with Gasteiger partial charge in [-0.15, -0.1) is 0 Å². The van der Waals surface area contributed by atoms with Crippen molar-refractivity contribution >= 4 is 5.91 Å². The molecule has 3 atom stereocenters. The molecule has 0 aromatic heterocycles. The van der Waals surface area contributed by atoms with Crippen LogP contribution in [0.25, 0.3) is 0 Å². The maximum Gasteiger partial charge on any atom is 0.234 e. The highest BCUT2D eigenvalue weighted by Gasteiger charge is 2.26. The van der Waals surface area contributed by atoms with Crippen LogP contribution in [0.1, 0.15) is 46.5 Å². The van der Waals surface area contributed by atoms with Gasteiger partial charge in [0.05, 0.1) is 25.4 Å². The van der Waals surface area contributed by atoms with E-state index in [4.69, 9.17) is 4.74 Å². The molecule has 3 unspecified atom stereocenters. The number of amides is 1. The lowest BCUT2D eigenvalue weighted by molar-refractivity contribution is -0.129. The fourth-order valence-electron chi connectivity index (χ4n) is 2.67. The molecule has 1 heterocycles. The number of hydrogen-bond acceptors (Lipinski definition) is 4. The third-order valence-electron chi connectivity index (χ3n) is 3.62. The highest BCUT2D eigenvalue weighted by molar-refractivity contribution is 5.78. The fourth-order valence-corrected chi connectivity index (χ4v) is 2.67. The summed E-state index contributed by atoms with van der Waals surface area (Å²) in [4.78, 5) is 14.1. The van der Waals surface area contributed by atoms with Gasteiger partial charge in [0.1, 0.15) is 0 Å². The van der Waals surface area contributed by atoms with Crippen LogP contribution < -0.4 is 5.32 Å². The molecule has 1 amide bonds. The first-order valence-corrected chi connectivity index (χ1v) is 7.83. The zero-order valence-electron chi connectivity index (χ0n) is 13.1. The van der Waals surface area contributed by atoms with Gasteiger partial charge in [0.25, 0.3) is 0 Å². The third kappa shape index (κ3) is 6.68. The van der Waals surface area contributed by atoms with E-state index in [0.29, 0.717) is 13.1 Å². The van der Waals surface area contributed by atoms with Crippen LogP contribution in [-0.4, -0.2) is 60.4 Å². The second-order valence-electron chi connectivity index (χ2n) is 5.91. The molecule has 20 heavy (non-hydrogen) atoms. The highest BCUT2D eigenvalue weighted by atomic mass is 16.5. The number of ether oxygens (including phenoxy) is 1. The lowest BCUT2D eigenvalue weighted by Crippen LogP contribution is -2.51. The number of aliphatic hydroxyl groups is 1. The first-order chi connectivity index (χ1) is 9.55. The van der Waals surface area contributed by atoms with Crippen LogP contribution in [0.3, 0.4) is 0 Å². The lowest BCUT2D eigenvalue weighted by Gasteiger charge is -2.35. The van der Waals surface area contributed by atoms with Crippen LogP contribution >= 0.6 is 0 Å². The molecule has 0 saturated carbocycles. The summed E-state index contributed by atoms with van der Waals surface area (Å²) in [6.45, 7) is 7.98. The van der Waals surface area contributed by atoms with Crippen LogP contribution in [0.15, 0.2) is 0 Å². The molecule has 0 aromatic rings. The van der Waals surface area contributed by atoms with Crippen molar-refractivity contribution in [1.29, 1.82) is 0 Å². The predicted octanol–water partition coefficient (Wildman–Crippen LogP) is 1.15. The van der Waals surface area contributed by atoms with Crippen molar-refractivity contribution in [1.82, 2.24) is 10.2 Å². The fraction of sp³-hybridized carbons (Fsp3) is 0.933. The maximum atomic E-state index is 12.0. The molecule has 0 radical (unpaired) electrons. The van der Waals surface area contributed by atoms with E-state index >= 15 is 0 Å². The zero-order chi connectivity index (χ0) is 15.0. The smallest absolute Gasteiger partial charge is 0.234 e. The molecule has 5 heteroatoms. The van der Waals surface area contributed by atoms with Gasteiger partial charge in [-0.05, 0) is 20.3 Å². The lowest BCUT2D eigenvalue weighted by atomic mass is 10.1. The summed E-state index contributed by atoms with van der Waals surface area (Å²) in [5.41, 5.74) is 0. The minimum atomic E-state index is -0.173. The Balaban J connectivity index is 2.26. The monoisotopic (exact) mass is 286 g/mol. The van der Waals surface area contributed by atoms with Crippen molar-refractivity contribution in [3.05, 3.63) is 0 Å². The Morgan fingerprint density at radius 2 is 2.20 bits per heavy atom. The molecule has 1 aliphatic rings. The van der Waals surface area contributed by atoms with Crippen LogP contribution in [0.2, 0.25) is 0 Å². The molecule has 2 N–H and O–H groups in total. The number of nitrogens with zero attached hydrogens (tertiary/aromatic N) is 1. The van der Waals surface area contributed by atoms with Crippen molar-refractivity contribution in [2.45, 2.75) is 64.7 Å². The molecule has 1 rings (SSSR count). The standard InChI is InChI=1S/C15H30N2O3/c1-4-5-6-7-12(2)16-15(19)10-17-8-13(3)20-14(9-17)11-18/h12-14,18H,4-11H2,1-3H3,(H,16,19).